The highest BCUT2D eigenvalue weighted by atomic mass is 35.5. The van der Waals surface area contributed by atoms with Gasteiger partial charge in [0.1, 0.15) is 4.90 Å². The molecule has 0 saturated carbocycles. The molecule has 2 aromatic rings. The van der Waals surface area contributed by atoms with Gasteiger partial charge in [0.25, 0.3) is 10.0 Å². The molecule has 0 fully saturated rings. The Morgan fingerprint density at radius 3 is 2.50 bits per heavy atom. The number of halogens is 1. The summed E-state index contributed by atoms with van der Waals surface area (Å²) < 4.78 is 26.7. The molecule has 2 rings (SSSR count). The maximum absolute atomic E-state index is 12.1. The summed E-state index contributed by atoms with van der Waals surface area (Å²) in [6.45, 7) is 1.78. The summed E-state index contributed by atoms with van der Waals surface area (Å²) in [5.41, 5.74) is 1.19. The summed E-state index contributed by atoms with van der Waals surface area (Å²) in [4.78, 5) is 7.57. The zero-order valence-corrected chi connectivity index (χ0v) is 11.0. The average molecular weight is 284 g/mol. The predicted octanol–water partition coefficient (Wildman–Crippen LogP) is 2.24. The third-order valence-corrected chi connectivity index (χ3v) is 4.14. The predicted molar refractivity (Wildman–Crippen MR) is 69.0 cm³/mol. The highest BCUT2D eigenvalue weighted by Crippen LogP contribution is 2.23. The lowest BCUT2D eigenvalue weighted by Crippen LogP contribution is -2.14. The van der Waals surface area contributed by atoms with Crippen molar-refractivity contribution in [2.24, 2.45) is 0 Å². The van der Waals surface area contributed by atoms with Crippen LogP contribution in [0.15, 0.2) is 41.8 Å². The molecule has 2 aromatic heterocycles. The lowest BCUT2D eigenvalue weighted by atomic mass is 10.3. The number of hydrogen-bond acceptors (Lipinski definition) is 4. The van der Waals surface area contributed by atoms with Crippen molar-refractivity contribution < 1.29 is 8.42 Å². The molecule has 7 heteroatoms. The number of hydrogen-bond donors (Lipinski definition) is 1. The molecule has 94 valence electrons. The number of aryl methyl sites for hydroxylation is 1. The molecular formula is C11H10ClN3O2S. The Balaban J connectivity index is 2.40. The van der Waals surface area contributed by atoms with Crippen molar-refractivity contribution in [1.29, 1.82) is 0 Å². The fourth-order valence-corrected chi connectivity index (χ4v) is 2.88. The van der Waals surface area contributed by atoms with Gasteiger partial charge in [-0.1, -0.05) is 11.6 Å². The van der Waals surface area contributed by atoms with Crippen molar-refractivity contribution in [2.75, 3.05) is 4.72 Å². The van der Waals surface area contributed by atoms with Gasteiger partial charge < -0.3 is 0 Å². The third kappa shape index (κ3) is 2.60. The Morgan fingerprint density at radius 2 is 1.83 bits per heavy atom. The van der Waals surface area contributed by atoms with Crippen molar-refractivity contribution in [3.63, 3.8) is 0 Å². The first kappa shape index (κ1) is 12.8. The molecule has 0 aromatic carbocycles. The van der Waals surface area contributed by atoms with Gasteiger partial charge in [-0.25, -0.2) is 8.42 Å². The number of sulfonamides is 1. The first-order valence-electron chi connectivity index (χ1n) is 5.03. The lowest BCUT2D eigenvalue weighted by molar-refractivity contribution is 0.601. The molecule has 1 N–H and O–H groups in total. The second-order valence-corrected chi connectivity index (χ2v) is 5.66. The lowest BCUT2D eigenvalue weighted by Gasteiger charge is -2.10. The Labute approximate surface area is 110 Å². The molecule has 0 aliphatic rings. The molecule has 2 heterocycles. The largest absolute Gasteiger partial charge is 0.278 e. The summed E-state index contributed by atoms with van der Waals surface area (Å²) in [5, 5.41) is 0.124. The second kappa shape index (κ2) is 4.91. The van der Waals surface area contributed by atoms with Gasteiger partial charge in [-0.15, -0.1) is 0 Å². The second-order valence-electron chi connectivity index (χ2n) is 3.60. The molecule has 0 bridgehead atoms. The number of pyridine rings is 2. The van der Waals surface area contributed by atoms with Crippen LogP contribution in [-0.2, 0) is 10.0 Å². The minimum atomic E-state index is -3.75. The molecule has 0 aliphatic carbocycles. The van der Waals surface area contributed by atoms with Crippen LogP contribution in [-0.4, -0.2) is 18.4 Å². The summed E-state index contributed by atoms with van der Waals surface area (Å²) in [7, 11) is -3.75. The van der Waals surface area contributed by atoms with Gasteiger partial charge in [-0.3, -0.25) is 14.7 Å². The van der Waals surface area contributed by atoms with Gasteiger partial charge in [0.15, 0.2) is 0 Å². The Morgan fingerprint density at radius 1 is 1.17 bits per heavy atom. The number of aromatic nitrogens is 2. The van der Waals surface area contributed by atoms with E-state index < -0.39 is 10.0 Å². The SMILES string of the molecule is Cc1ccncc1NS(=O)(=O)c1cnccc1Cl. The van der Waals surface area contributed by atoms with Crippen LogP contribution in [0.2, 0.25) is 5.02 Å². The number of nitrogens with one attached hydrogen (secondary N) is 1. The Hall–Kier alpha value is -1.66. The summed E-state index contributed by atoms with van der Waals surface area (Å²) in [5.74, 6) is 0. The van der Waals surface area contributed by atoms with Crippen molar-refractivity contribution in [3.05, 3.63) is 47.5 Å². The molecule has 0 amide bonds. The van der Waals surface area contributed by atoms with Crippen LogP contribution in [0.4, 0.5) is 5.69 Å². The van der Waals surface area contributed by atoms with Crippen molar-refractivity contribution >= 4 is 27.3 Å². The van der Waals surface area contributed by atoms with E-state index in [0.29, 0.717) is 5.69 Å². The van der Waals surface area contributed by atoms with Gasteiger partial charge in [0.05, 0.1) is 16.9 Å². The average Bonchev–Trinajstić information content (AvgIpc) is 2.32. The minimum absolute atomic E-state index is 0.0603. The third-order valence-electron chi connectivity index (χ3n) is 2.31. The number of nitrogens with zero attached hydrogens (tertiary/aromatic N) is 2. The first-order valence-corrected chi connectivity index (χ1v) is 6.90. The molecule has 18 heavy (non-hydrogen) atoms. The molecule has 5 nitrogen and oxygen atoms in total. The first-order chi connectivity index (χ1) is 8.50. The van der Waals surface area contributed by atoms with E-state index in [1.54, 1.807) is 19.2 Å². The fourth-order valence-electron chi connectivity index (χ4n) is 1.33. The van der Waals surface area contributed by atoms with Crippen LogP contribution in [0.3, 0.4) is 0 Å². The molecule has 0 unspecified atom stereocenters. The van der Waals surface area contributed by atoms with Crippen LogP contribution in [0.1, 0.15) is 5.56 Å². The van der Waals surface area contributed by atoms with Gasteiger partial charge in [0, 0.05) is 18.6 Å². The molecule has 0 saturated heterocycles. The minimum Gasteiger partial charge on any atom is -0.278 e. The van der Waals surface area contributed by atoms with E-state index >= 15 is 0 Å². The smallest absolute Gasteiger partial charge is 0.264 e. The van der Waals surface area contributed by atoms with Crippen LogP contribution < -0.4 is 4.72 Å². The van der Waals surface area contributed by atoms with Crippen molar-refractivity contribution in [3.8, 4) is 0 Å². The normalized spacial score (nSPS) is 11.2. The monoisotopic (exact) mass is 283 g/mol. The zero-order chi connectivity index (χ0) is 13.2. The van der Waals surface area contributed by atoms with E-state index in [0.717, 1.165) is 5.56 Å². The quantitative estimate of drug-likeness (QED) is 0.938. The molecule has 0 aliphatic heterocycles. The van der Waals surface area contributed by atoms with E-state index in [-0.39, 0.29) is 9.92 Å². The van der Waals surface area contributed by atoms with Crippen LogP contribution in [0, 0.1) is 6.92 Å². The van der Waals surface area contributed by atoms with Gasteiger partial charge >= 0.3 is 0 Å². The van der Waals surface area contributed by atoms with Crippen LogP contribution >= 0.6 is 11.6 Å². The fraction of sp³-hybridized carbons (Fsp3) is 0.0909. The maximum Gasteiger partial charge on any atom is 0.264 e. The summed E-state index contributed by atoms with van der Waals surface area (Å²) >= 11 is 5.84. The molecule has 0 spiro atoms. The van der Waals surface area contributed by atoms with Crippen LogP contribution in [0.5, 0.6) is 0 Å². The topological polar surface area (TPSA) is 72.0 Å². The maximum atomic E-state index is 12.1. The highest BCUT2D eigenvalue weighted by Gasteiger charge is 2.18. The van der Waals surface area contributed by atoms with Gasteiger partial charge in [0.2, 0.25) is 0 Å². The van der Waals surface area contributed by atoms with Gasteiger partial charge in [-0.2, -0.15) is 0 Å². The van der Waals surface area contributed by atoms with Crippen LogP contribution in [0.25, 0.3) is 0 Å². The van der Waals surface area contributed by atoms with E-state index in [4.69, 9.17) is 11.6 Å². The van der Waals surface area contributed by atoms with E-state index in [9.17, 15) is 8.42 Å². The zero-order valence-electron chi connectivity index (χ0n) is 9.46. The van der Waals surface area contributed by atoms with E-state index in [2.05, 4.69) is 14.7 Å². The summed E-state index contributed by atoms with van der Waals surface area (Å²) in [6, 6.07) is 3.13. The number of anilines is 1. The summed E-state index contributed by atoms with van der Waals surface area (Å²) in [6.07, 6.45) is 5.66. The van der Waals surface area contributed by atoms with E-state index in [1.807, 2.05) is 0 Å². The Bertz CT molecular complexity index is 673. The highest BCUT2D eigenvalue weighted by molar-refractivity contribution is 7.92. The Kier molecular flexibility index (Phi) is 3.49. The molecule has 0 atom stereocenters. The van der Waals surface area contributed by atoms with Crippen molar-refractivity contribution in [2.45, 2.75) is 11.8 Å². The number of rotatable bonds is 3. The molecule has 0 radical (unpaired) electrons. The van der Waals surface area contributed by atoms with Gasteiger partial charge in [-0.05, 0) is 24.6 Å². The van der Waals surface area contributed by atoms with Crippen molar-refractivity contribution in [1.82, 2.24) is 9.97 Å². The van der Waals surface area contributed by atoms with E-state index in [1.165, 1.54) is 24.7 Å². The standard InChI is InChI=1S/C11H10ClN3O2S/c1-8-2-4-13-6-10(8)15-18(16,17)11-7-14-5-3-9(11)12/h2-7,15H,1H3. The molecular weight excluding hydrogens is 274 g/mol.